The summed E-state index contributed by atoms with van der Waals surface area (Å²) in [6.07, 6.45) is 1.05. The summed E-state index contributed by atoms with van der Waals surface area (Å²) in [5.41, 5.74) is 22.3. The lowest BCUT2D eigenvalue weighted by atomic mass is 9.95. The fourth-order valence-electron chi connectivity index (χ4n) is 8.42. The average molecular weight is 825 g/mol. The third-order valence-electron chi connectivity index (χ3n) is 11.9. The SMILES string of the molecule is CC.Cc1ccc(-c2ccc(-c3ccccc3)cc2)cc1.Cc1ccc(-c2ccc(-c3ccccc3)cc2)cc1.Cc1cccc(-c2ccc3c(c2)-c2c(ccc4ccccc24)C3)c1. The molecule has 1 aliphatic rings. The molecule has 1 aliphatic carbocycles. The molecular weight excluding hydrogens is 769 g/mol. The van der Waals surface area contributed by atoms with E-state index in [9.17, 15) is 0 Å². The van der Waals surface area contributed by atoms with E-state index < -0.39 is 0 Å². The maximum absolute atomic E-state index is 2.38. The zero-order chi connectivity index (χ0) is 44.3. The van der Waals surface area contributed by atoms with E-state index in [0.717, 1.165) is 6.42 Å². The second kappa shape index (κ2) is 20.6. The van der Waals surface area contributed by atoms with Crippen LogP contribution >= 0.6 is 0 Å². The van der Waals surface area contributed by atoms with Crippen LogP contribution in [0.3, 0.4) is 0 Å². The molecule has 0 saturated carbocycles. The molecule has 10 aromatic carbocycles. The van der Waals surface area contributed by atoms with Gasteiger partial charge in [-0.1, -0.05) is 261 Å². The maximum atomic E-state index is 2.38. The van der Waals surface area contributed by atoms with E-state index >= 15 is 0 Å². The van der Waals surface area contributed by atoms with Gasteiger partial charge < -0.3 is 0 Å². The largest absolute Gasteiger partial charge is 0.0683 e. The fourth-order valence-corrected chi connectivity index (χ4v) is 8.42. The number of rotatable bonds is 5. The van der Waals surface area contributed by atoms with E-state index in [1.54, 1.807) is 0 Å². The van der Waals surface area contributed by atoms with Crippen molar-refractivity contribution >= 4 is 10.8 Å². The summed E-state index contributed by atoms with van der Waals surface area (Å²) in [5, 5.41) is 2.69. The zero-order valence-electron chi connectivity index (χ0n) is 37.7. The average Bonchev–Trinajstić information content (AvgIpc) is 3.75. The van der Waals surface area contributed by atoms with Gasteiger partial charge in [-0.3, -0.25) is 0 Å². The molecule has 10 aromatic rings. The molecule has 0 atom stereocenters. The van der Waals surface area contributed by atoms with E-state index in [2.05, 4.69) is 245 Å². The molecule has 0 bridgehead atoms. The number of hydrogen-bond acceptors (Lipinski definition) is 0. The van der Waals surface area contributed by atoms with Crippen LogP contribution in [0.1, 0.15) is 41.7 Å². The monoisotopic (exact) mass is 824 g/mol. The van der Waals surface area contributed by atoms with Crippen molar-refractivity contribution in [3.05, 3.63) is 264 Å². The summed E-state index contributed by atoms with van der Waals surface area (Å²) in [6, 6.07) is 84.7. The third-order valence-corrected chi connectivity index (χ3v) is 11.9. The molecule has 64 heavy (non-hydrogen) atoms. The predicted molar refractivity (Wildman–Crippen MR) is 278 cm³/mol. The minimum Gasteiger partial charge on any atom is -0.0683 e. The molecule has 0 radical (unpaired) electrons. The first-order valence-corrected chi connectivity index (χ1v) is 22.6. The topological polar surface area (TPSA) is 0 Å². The molecule has 0 heteroatoms. The van der Waals surface area contributed by atoms with Gasteiger partial charge in [0.05, 0.1) is 0 Å². The molecule has 0 amide bonds. The molecule has 0 aliphatic heterocycles. The van der Waals surface area contributed by atoms with Crippen LogP contribution in [0.15, 0.2) is 237 Å². The standard InChI is InChI=1S/C24H18.2C19H16.C2H6/c1-16-5-4-7-18(13-16)19-10-11-20-14-21-12-9-17-6-2-3-8-22(17)24(21)23(20)15-19;2*1-15-7-9-17(10-8-15)19-13-11-18(12-14-19)16-5-3-2-4-6-16;1-2/h2-13,15H,14H2,1H3;2*2-14H,1H3;1-2H3. The first-order valence-electron chi connectivity index (χ1n) is 22.6. The molecule has 0 aromatic heterocycles. The third kappa shape index (κ3) is 10.2. The first-order chi connectivity index (χ1) is 31.4. The smallest absolute Gasteiger partial charge is 0.00132 e. The summed E-state index contributed by atoms with van der Waals surface area (Å²) in [7, 11) is 0. The van der Waals surface area contributed by atoms with Crippen LogP contribution in [-0.2, 0) is 6.42 Å². The number of hydrogen-bond donors (Lipinski definition) is 0. The fraction of sp³-hybridized carbons (Fsp3) is 0.0938. The van der Waals surface area contributed by atoms with Crippen LogP contribution in [0.5, 0.6) is 0 Å². The van der Waals surface area contributed by atoms with E-state index in [1.807, 2.05) is 26.0 Å². The molecule has 0 spiro atoms. The minimum atomic E-state index is 1.05. The molecular formula is C64H56. The van der Waals surface area contributed by atoms with Crippen molar-refractivity contribution in [1.29, 1.82) is 0 Å². The van der Waals surface area contributed by atoms with Gasteiger partial charge in [0, 0.05) is 0 Å². The van der Waals surface area contributed by atoms with Gasteiger partial charge in [-0.2, -0.15) is 0 Å². The Labute approximate surface area is 381 Å². The van der Waals surface area contributed by atoms with Gasteiger partial charge in [0.1, 0.15) is 0 Å². The van der Waals surface area contributed by atoms with Crippen molar-refractivity contribution in [2.24, 2.45) is 0 Å². The van der Waals surface area contributed by atoms with E-state index in [0.29, 0.717) is 0 Å². The first kappa shape index (κ1) is 43.1. The Hall–Kier alpha value is -7.54. The Morgan fingerprint density at radius 2 is 0.641 bits per heavy atom. The van der Waals surface area contributed by atoms with Crippen LogP contribution in [0.4, 0.5) is 0 Å². The van der Waals surface area contributed by atoms with Gasteiger partial charge >= 0.3 is 0 Å². The lowest BCUT2D eigenvalue weighted by Gasteiger charge is -2.09. The molecule has 0 fully saturated rings. The Kier molecular flexibility index (Phi) is 13.8. The molecule has 11 rings (SSSR count). The highest BCUT2D eigenvalue weighted by molar-refractivity contribution is 6.01. The van der Waals surface area contributed by atoms with Crippen LogP contribution < -0.4 is 0 Å². The van der Waals surface area contributed by atoms with Gasteiger partial charge in [0.2, 0.25) is 0 Å². The van der Waals surface area contributed by atoms with Crippen molar-refractivity contribution in [2.75, 3.05) is 0 Å². The van der Waals surface area contributed by atoms with Gasteiger partial charge in [-0.15, -0.1) is 0 Å². The maximum Gasteiger partial charge on any atom is -0.00132 e. The van der Waals surface area contributed by atoms with Crippen molar-refractivity contribution < 1.29 is 0 Å². The van der Waals surface area contributed by atoms with E-state index in [4.69, 9.17) is 0 Å². The van der Waals surface area contributed by atoms with Gasteiger partial charge in [-0.05, 0) is 122 Å². The highest BCUT2D eigenvalue weighted by atomic mass is 14.2. The highest BCUT2D eigenvalue weighted by Crippen LogP contribution is 2.43. The van der Waals surface area contributed by atoms with E-state index in [-0.39, 0.29) is 0 Å². The molecule has 0 N–H and O–H groups in total. The van der Waals surface area contributed by atoms with Crippen molar-refractivity contribution in [1.82, 2.24) is 0 Å². The predicted octanol–water partition coefficient (Wildman–Crippen LogP) is 18.1. The highest BCUT2D eigenvalue weighted by Gasteiger charge is 2.21. The summed E-state index contributed by atoms with van der Waals surface area (Å²) in [6.45, 7) is 10.4. The van der Waals surface area contributed by atoms with Gasteiger partial charge in [0.25, 0.3) is 0 Å². The van der Waals surface area contributed by atoms with E-state index in [1.165, 1.54) is 105 Å². The summed E-state index contributed by atoms with van der Waals surface area (Å²) in [4.78, 5) is 0. The Morgan fingerprint density at radius 1 is 0.266 bits per heavy atom. The van der Waals surface area contributed by atoms with Crippen LogP contribution in [0.25, 0.3) is 77.5 Å². The molecule has 0 nitrogen and oxygen atoms in total. The summed E-state index contributed by atoms with van der Waals surface area (Å²) in [5.74, 6) is 0. The quantitative estimate of drug-likeness (QED) is 0.162. The van der Waals surface area contributed by atoms with Gasteiger partial charge in [-0.25, -0.2) is 0 Å². The Morgan fingerprint density at radius 3 is 1.12 bits per heavy atom. The normalized spacial score (nSPS) is 10.8. The lowest BCUT2D eigenvalue weighted by Crippen LogP contribution is -1.84. The molecule has 0 saturated heterocycles. The number of fused-ring (bicyclic) bond motifs is 5. The zero-order valence-corrected chi connectivity index (χ0v) is 37.7. The minimum absolute atomic E-state index is 1.05. The van der Waals surface area contributed by atoms with Gasteiger partial charge in [0.15, 0.2) is 0 Å². The van der Waals surface area contributed by atoms with Crippen molar-refractivity contribution in [3.63, 3.8) is 0 Å². The van der Waals surface area contributed by atoms with Crippen LogP contribution in [-0.4, -0.2) is 0 Å². The van der Waals surface area contributed by atoms with Crippen LogP contribution in [0, 0.1) is 20.8 Å². The van der Waals surface area contributed by atoms with Crippen LogP contribution in [0.2, 0.25) is 0 Å². The molecule has 0 heterocycles. The second-order valence-electron chi connectivity index (χ2n) is 16.4. The van der Waals surface area contributed by atoms with Crippen molar-refractivity contribution in [2.45, 2.75) is 41.0 Å². The summed E-state index contributed by atoms with van der Waals surface area (Å²) >= 11 is 0. The number of aryl methyl sites for hydroxylation is 3. The molecule has 0 unspecified atom stereocenters. The molecule has 312 valence electrons. The lowest BCUT2D eigenvalue weighted by molar-refractivity contribution is 1.27. The van der Waals surface area contributed by atoms with Crippen molar-refractivity contribution in [3.8, 4) is 66.8 Å². The summed E-state index contributed by atoms with van der Waals surface area (Å²) < 4.78 is 0. The Balaban J connectivity index is 0.000000130. The second-order valence-corrected chi connectivity index (χ2v) is 16.4. The number of benzene rings is 10. The Bertz CT molecular complexity index is 2920.